The summed E-state index contributed by atoms with van der Waals surface area (Å²) in [6.07, 6.45) is 0. The maximum atomic E-state index is 5.52. The molecule has 0 unspecified atom stereocenters. The SMILES string of the molecule is COc1ccc(-c2nc3ccccc3n2Cc2ccc3ccccc3c2)cc1OC. The third-order valence-corrected chi connectivity index (χ3v) is 5.45. The van der Waals surface area contributed by atoms with Crippen molar-refractivity contribution in [3.8, 4) is 22.9 Å². The highest BCUT2D eigenvalue weighted by molar-refractivity contribution is 5.84. The van der Waals surface area contributed by atoms with Gasteiger partial charge in [-0.25, -0.2) is 4.98 Å². The van der Waals surface area contributed by atoms with E-state index in [2.05, 4.69) is 65.2 Å². The van der Waals surface area contributed by atoms with E-state index in [9.17, 15) is 0 Å². The molecule has 0 saturated carbocycles. The Morgan fingerprint density at radius 2 is 1.50 bits per heavy atom. The highest BCUT2D eigenvalue weighted by atomic mass is 16.5. The number of hydrogen-bond acceptors (Lipinski definition) is 3. The largest absolute Gasteiger partial charge is 0.493 e. The van der Waals surface area contributed by atoms with Crippen LogP contribution in [0.4, 0.5) is 0 Å². The summed E-state index contributed by atoms with van der Waals surface area (Å²) in [5, 5.41) is 2.49. The molecule has 0 N–H and O–H groups in total. The van der Waals surface area contributed by atoms with E-state index in [0.29, 0.717) is 11.5 Å². The molecule has 5 rings (SSSR count). The zero-order chi connectivity index (χ0) is 20.5. The average Bonchev–Trinajstić information content (AvgIpc) is 3.17. The van der Waals surface area contributed by atoms with Crippen LogP contribution in [-0.2, 0) is 6.54 Å². The normalized spacial score (nSPS) is 11.1. The van der Waals surface area contributed by atoms with E-state index >= 15 is 0 Å². The molecule has 30 heavy (non-hydrogen) atoms. The first-order valence-electron chi connectivity index (χ1n) is 9.92. The van der Waals surface area contributed by atoms with Crippen LogP contribution in [0.5, 0.6) is 11.5 Å². The molecule has 1 heterocycles. The van der Waals surface area contributed by atoms with Gasteiger partial charge in [-0.2, -0.15) is 0 Å². The van der Waals surface area contributed by atoms with Gasteiger partial charge < -0.3 is 14.0 Å². The maximum Gasteiger partial charge on any atom is 0.161 e. The monoisotopic (exact) mass is 394 g/mol. The summed E-state index contributed by atoms with van der Waals surface area (Å²) in [5.74, 6) is 2.31. The van der Waals surface area contributed by atoms with Crippen LogP contribution in [0.2, 0.25) is 0 Å². The van der Waals surface area contributed by atoms with Crippen molar-refractivity contribution in [2.45, 2.75) is 6.54 Å². The van der Waals surface area contributed by atoms with E-state index < -0.39 is 0 Å². The summed E-state index contributed by atoms with van der Waals surface area (Å²) in [5.41, 5.74) is 4.31. The number of imidazole rings is 1. The molecule has 0 radical (unpaired) electrons. The quantitative estimate of drug-likeness (QED) is 0.371. The molecule has 0 bridgehead atoms. The van der Waals surface area contributed by atoms with Gasteiger partial charge in [0.05, 0.1) is 25.3 Å². The third-order valence-electron chi connectivity index (χ3n) is 5.45. The Kier molecular flexibility index (Phi) is 4.60. The molecule has 148 valence electrons. The van der Waals surface area contributed by atoms with Gasteiger partial charge in [0.25, 0.3) is 0 Å². The topological polar surface area (TPSA) is 36.3 Å². The van der Waals surface area contributed by atoms with Crippen molar-refractivity contribution in [2.24, 2.45) is 0 Å². The summed E-state index contributed by atoms with van der Waals surface area (Å²) in [4.78, 5) is 4.94. The molecule has 0 aliphatic carbocycles. The molecule has 0 amide bonds. The fourth-order valence-electron chi connectivity index (χ4n) is 3.95. The van der Waals surface area contributed by atoms with Crippen molar-refractivity contribution in [1.29, 1.82) is 0 Å². The molecule has 0 saturated heterocycles. The summed E-state index contributed by atoms with van der Waals surface area (Å²) in [6, 6.07) is 29.2. The van der Waals surface area contributed by atoms with Gasteiger partial charge in [0.2, 0.25) is 0 Å². The summed E-state index contributed by atoms with van der Waals surface area (Å²) < 4.78 is 13.2. The van der Waals surface area contributed by atoms with E-state index in [1.165, 1.54) is 16.3 Å². The Bertz CT molecular complexity index is 1350. The number of methoxy groups -OCH3 is 2. The van der Waals surface area contributed by atoms with Crippen molar-refractivity contribution >= 4 is 21.8 Å². The fourth-order valence-corrected chi connectivity index (χ4v) is 3.95. The van der Waals surface area contributed by atoms with Crippen molar-refractivity contribution in [3.05, 3.63) is 90.5 Å². The molecule has 4 nitrogen and oxygen atoms in total. The molecule has 0 spiro atoms. The van der Waals surface area contributed by atoms with Crippen molar-refractivity contribution in [2.75, 3.05) is 14.2 Å². The summed E-state index contributed by atoms with van der Waals surface area (Å²) in [7, 11) is 3.30. The average molecular weight is 394 g/mol. The number of para-hydroxylation sites is 2. The second-order valence-electron chi connectivity index (χ2n) is 7.26. The van der Waals surface area contributed by atoms with E-state index in [1.807, 2.05) is 24.3 Å². The predicted molar refractivity (Wildman–Crippen MR) is 121 cm³/mol. The minimum Gasteiger partial charge on any atom is -0.493 e. The maximum absolute atomic E-state index is 5.52. The van der Waals surface area contributed by atoms with Crippen LogP contribution in [0, 0.1) is 0 Å². The Hall–Kier alpha value is -3.79. The highest BCUT2D eigenvalue weighted by Gasteiger charge is 2.15. The first kappa shape index (κ1) is 18.3. The third kappa shape index (κ3) is 3.16. The number of hydrogen-bond donors (Lipinski definition) is 0. The van der Waals surface area contributed by atoms with Crippen LogP contribution in [-0.4, -0.2) is 23.8 Å². The molecular formula is C26H22N2O2. The molecule has 0 aliphatic heterocycles. The van der Waals surface area contributed by atoms with Crippen LogP contribution in [0.1, 0.15) is 5.56 Å². The molecular weight excluding hydrogens is 372 g/mol. The minimum atomic E-state index is 0.694. The first-order valence-corrected chi connectivity index (χ1v) is 9.92. The number of nitrogens with zero attached hydrogens (tertiary/aromatic N) is 2. The lowest BCUT2D eigenvalue weighted by molar-refractivity contribution is 0.355. The van der Waals surface area contributed by atoms with Crippen LogP contribution < -0.4 is 9.47 Å². The van der Waals surface area contributed by atoms with Gasteiger partial charge in [0.1, 0.15) is 5.82 Å². The Morgan fingerprint density at radius 1 is 0.733 bits per heavy atom. The molecule has 1 aromatic heterocycles. The summed E-state index contributed by atoms with van der Waals surface area (Å²) >= 11 is 0. The fraction of sp³-hybridized carbons (Fsp3) is 0.115. The van der Waals surface area contributed by atoms with Crippen molar-refractivity contribution in [3.63, 3.8) is 0 Å². The van der Waals surface area contributed by atoms with Crippen LogP contribution in [0.15, 0.2) is 84.9 Å². The first-order chi connectivity index (χ1) is 14.8. The van der Waals surface area contributed by atoms with E-state index in [0.717, 1.165) is 29.0 Å². The van der Waals surface area contributed by atoms with Gasteiger partial charge in [0.15, 0.2) is 11.5 Å². The van der Waals surface area contributed by atoms with Crippen LogP contribution in [0.25, 0.3) is 33.2 Å². The highest BCUT2D eigenvalue weighted by Crippen LogP contribution is 2.34. The van der Waals surface area contributed by atoms with Gasteiger partial charge in [-0.1, -0.05) is 48.5 Å². The number of rotatable bonds is 5. The van der Waals surface area contributed by atoms with Gasteiger partial charge >= 0.3 is 0 Å². The Balaban J connectivity index is 1.65. The lowest BCUT2D eigenvalue weighted by Gasteiger charge is -2.13. The van der Waals surface area contributed by atoms with Gasteiger partial charge in [0, 0.05) is 12.1 Å². The van der Waals surface area contributed by atoms with Gasteiger partial charge in [-0.15, -0.1) is 0 Å². The second-order valence-corrected chi connectivity index (χ2v) is 7.26. The zero-order valence-electron chi connectivity index (χ0n) is 17.0. The minimum absolute atomic E-state index is 0.694. The van der Waals surface area contributed by atoms with E-state index in [4.69, 9.17) is 14.5 Å². The Morgan fingerprint density at radius 3 is 2.33 bits per heavy atom. The zero-order valence-corrected chi connectivity index (χ0v) is 17.0. The molecule has 4 aromatic carbocycles. The molecule has 0 atom stereocenters. The number of fused-ring (bicyclic) bond motifs is 2. The lowest BCUT2D eigenvalue weighted by Crippen LogP contribution is -2.02. The van der Waals surface area contributed by atoms with Gasteiger partial charge in [-0.3, -0.25) is 0 Å². The standard InChI is InChI=1S/C26H22N2O2/c1-29-24-14-13-21(16-25(24)30-2)26-27-22-9-5-6-10-23(22)28(26)17-18-11-12-19-7-3-4-8-20(19)15-18/h3-16H,17H2,1-2H3. The smallest absolute Gasteiger partial charge is 0.161 e. The number of aromatic nitrogens is 2. The molecule has 0 aliphatic rings. The van der Waals surface area contributed by atoms with Gasteiger partial charge in [-0.05, 0) is 52.7 Å². The van der Waals surface area contributed by atoms with Crippen LogP contribution in [0.3, 0.4) is 0 Å². The van der Waals surface area contributed by atoms with Crippen molar-refractivity contribution in [1.82, 2.24) is 9.55 Å². The van der Waals surface area contributed by atoms with E-state index in [-0.39, 0.29) is 0 Å². The second kappa shape index (κ2) is 7.56. The van der Waals surface area contributed by atoms with E-state index in [1.54, 1.807) is 14.2 Å². The van der Waals surface area contributed by atoms with Crippen LogP contribution >= 0.6 is 0 Å². The molecule has 5 aromatic rings. The number of ether oxygens (including phenoxy) is 2. The Labute approximate surface area is 175 Å². The predicted octanol–water partition coefficient (Wildman–Crippen LogP) is 5.92. The molecule has 4 heteroatoms. The lowest BCUT2D eigenvalue weighted by atomic mass is 10.1. The summed E-state index contributed by atoms with van der Waals surface area (Å²) in [6.45, 7) is 0.731. The van der Waals surface area contributed by atoms with Crippen molar-refractivity contribution < 1.29 is 9.47 Å². The number of benzene rings is 4. The molecule has 0 fully saturated rings.